The number of likely N-dealkylation sites (tertiary alicyclic amines) is 1. The Kier molecular flexibility index (Phi) is 4.74. The predicted octanol–water partition coefficient (Wildman–Crippen LogP) is 1.68. The van der Waals surface area contributed by atoms with Crippen LogP contribution in [0.1, 0.15) is 23.2 Å². The first-order chi connectivity index (χ1) is 10.0. The Morgan fingerprint density at radius 3 is 2.95 bits per heavy atom. The second-order valence-corrected chi connectivity index (χ2v) is 5.25. The summed E-state index contributed by atoms with van der Waals surface area (Å²) in [5.74, 6) is 0.195. The van der Waals surface area contributed by atoms with Crippen LogP contribution in [0.5, 0.6) is 0 Å². The highest BCUT2D eigenvalue weighted by Gasteiger charge is 2.25. The highest BCUT2D eigenvalue weighted by Crippen LogP contribution is 2.24. The zero-order valence-corrected chi connectivity index (χ0v) is 11.9. The monoisotopic (exact) mass is 293 g/mol. The number of ether oxygens (including phenoxy) is 1. The molecule has 1 saturated heterocycles. The van der Waals surface area contributed by atoms with E-state index >= 15 is 0 Å². The zero-order chi connectivity index (χ0) is 15.4. The Morgan fingerprint density at radius 2 is 2.33 bits per heavy atom. The van der Waals surface area contributed by atoms with Crippen molar-refractivity contribution in [2.75, 3.05) is 32.5 Å². The Bertz CT molecular complexity index is 545. The molecular formula is C14H19N3O4. The Hall–Kier alpha value is -2.15. The largest absolute Gasteiger partial charge is 0.393 e. The molecule has 114 valence electrons. The molecule has 0 saturated carbocycles. The lowest BCUT2D eigenvalue weighted by Gasteiger charge is -2.32. The predicted molar refractivity (Wildman–Crippen MR) is 78.0 cm³/mol. The van der Waals surface area contributed by atoms with Crippen LogP contribution in [0.25, 0.3) is 0 Å². The van der Waals surface area contributed by atoms with Crippen molar-refractivity contribution < 1.29 is 14.5 Å². The van der Waals surface area contributed by atoms with E-state index in [1.807, 2.05) is 0 Å². The maximum absolute atomic E-state index is 12.4. The molecule has 1 amide bonds. The van der Waals surface area contributed by atoms with Gasteiger partial charge >= 0.3 is 0 Å². The van der Waals surface area contributed by atoms with Crippen molar-refractivity contribution in [3.8, 4) is 0 Å². The van der Waals surface area contributed by atoms with Crippen LogP contribution < -0.4 is 5.73 Å². The molecule has 0 aromatic heterocycles. The number of amides is 1. The molecular weight excluding hydrogens is 274 g/mol. The van der Waals surface area contributed by atoms with E-state index in [1.54, 1.807) is 12.0 Å². The molecule has 1 aliphatic rings. The minimum atomic E-state index is -0.556. The lowest BCUT2D eigenvalue weighted by molar-refractivity contribution is -0.383. The normalized spacial score (nSPS) is 18.5. The summed E-state index contributed by atoms with van der Waals surface area (Å²) in [5, 5.41) is 10.7. The molecule has 0 radical (unpaired) electrons. The summed E-state index contributed by atoms with van der Waals surface area (Å²) in [4.78, 5) is 24.4. The molecule has 1 atom stereocenters. The molecule has 0 spiro atoms. The maximum atomic E-state index is 12.4. The second-order valence-electron chi connectivity index (χ2n) is 5.25. The van der Waals surface area contributed by atoms with E-state index in [0.29, 0.717) is 31.2 Å². The molecule has 0 bridgehead atoms. The van der Waals surface area contributed by atoms with E-state index in [2.05, 4.69) is 0 Å². The first-order valence-electron chi connectivity index (χ1n) is 6.85. The van der Waals surface area contributed by atoms with E-state index < -0.39 is 4.92 Å². The van der Waals surface area contributed by atoms with Gasteiger partial charge in [-0.15, -0.1) is 0 Å². The van der Waals surface area contributed by atoms with Crippen LogP contribution in [0.3, 0.4) is 0 Å². The van der Waals surface area contributed by atoms with E-state index in [1.165, 1.54) is 18.2 Å². The fourth-order valence-corrected chi connectivity index (χ4v) is 2.66. The molecule has 1 aliphatic heterocycles. The van der Waals surface area contributed by atoms with E-state index in [4.69, 9.17) is 10.5 Å². The number of piperidine rings is 1. The molecule has 0 aliphatic carbocycles. The smallest absolute Gasteiger partial charge is 0.292 e. The third-order valence-corrected chi connectivity index (χ3v) is 3.68. The second kappa shape index (κ2) is 6.53. The molecule has 2 N–H and O–H groups in total. The summed E-state index contributed by atoms with van der Waals surface area (Å²) < 4.78 is 5.14. The summed E-state index contributed by atoms with van der Waals surface area (Å²) in [7, 11) is 1.65. The third kappa shape index (κ3) is 3.49. The van der Waals surface area contributed by atoms with Crippen molar-refractivity contribution in [3.05, 3.63) is 33.9 Å². The third-order valence-electron chi connectivity index (χ3n) is 3.68. The van der Waals surface area contributed by atoms with Gasteiger partial charge in [-0.3, -0.25) is 14.9 Å². The van der Waals surface area contributed by atoms with Crippen LogP contribution in [0.2, 0.25) is 0 Å². The first-order valence-corrected chi connectivity index (χ1v) is 6.85. The van der Waals surface area contributed by atoms with Gasteiger partial charge in [0.25, 0.3) is 11.6 Å². The van der Waals surface area contributed by atoms with Crippen molar-refractivity contribution in [2.45, 2.75) is 12.8 Å². The molecule has 1 unspecified atom stereocenters. The lowest BCUT2D eigenvalue weighted by atomic mass is 9.98. The van der Waals surface area contributed by atoms with Gasteiger partial charge in [0.1, 0.15) is 5.69 Å². The van der Waals surface area contributed by atoms with E-state index in [0.717, 1.165) is 12.8 Å². The minimum absolute atomic E-state index is 0.0105. The molecule has 7 heteroatoms. The number of anilines is 1. The van der Waals surface area contributed by atoms with Gasteiger partial charge in [-0.25, -0.2) is 0 Å². The standard InChI is InChI=1S/C14H19N3O4/c1-21-9-10-3-2-6-16(8-10)14(18)11-4-5-13(17(19)20)12(15)7-11/h4-5,7,10H,2-3,6,8-9,15H2,1H3. The SMILES string of the molecule is COCC1CCCN(C(=O)c2ccc([N+](=O)[O-])c(N)c2)C1. The summed E-state index contributed by atoms with van der Waals surface area (Å²) in [6.07, 6.45) is 1.97. The number of methoxy groups -OCH3 is 1. The average Bonchev–Trinajstić information content (AvgIpc) is 2.46. The number of nitrogens with zero attached hydrogens (tertiary/aromatic N) is 2. The van der Waals surface area contributed by atoms with Crippen LogP contribution >= 0.6 is 0 Å². The number of nitrogens with two attached hydrogens (primary N) is 1. The zero-order valence-electron chi connectivity index (χ0n) is 11.9. The molecule has 2 rings (SSSR count). The number of carbonyl (C=O) groups is 1. The van der Waals surface area contributed by atoms with Crippen LogP contribution in [-0.2, 0) is 4.74 Å². The van der Waals surface area contributed by atoms with Crippen molar-refractivity contribution >= 4 is 17.3 Å². The highest BCUT2D eigenvalue weighted by molar-refractivity contribution is 5.95. The van der Waals surface area contributed by atoms with Crippen molar-refractivity contribution in [3.63, 3.8) is 0 Å². The van der Waals surface area contributed by atoms with Crippen LogP contribution in [0.4, 0.5) is 11.4 Å². The average molecular weight is 293 g/mol. The van der Waals surface area contributed by atoms with Gasteiger partial charge in [-0.05, 0) is 30.9 Å². The molecule has 7 nitrogen and oxygen atoms in total. The van der Waals surface area contributed by atoms with Gasteiger partial charge in [0, 0.05) is 31.8 Å². The Balaban J connectivity index is 2.12. The number of benzene rings is 1. The van der Waals surface area contributed by atoms with E-state index in [-0.39, 0.29) is 17.3 Å². The van der Waals surface area contributed by atoms with Crippen molar-refractivity contribution in [1.29, 1.82) is 0 Å². The van der Waals surface area contributed by atoms with Gasteiger partial charge in [-0.2, -0.15) is 0 Å². The molecule has 1 aromatic carbocycles. The summed E-state index contributed by atoms with van der Waals surface area (Å²) in [6, 6.07) is 4.11. The topological polar surface area (TPSA) is 98.7 Å². The number of carbonyl (C=O) groups excluding carboxylic acids is 1. The quantitative estimate of drug-likeness (QED) is 0.517. The van der Waals surface area contributed by atoms with Gasteiger partial charge in [0.2, 0.25) is 0 Å². The summed E-state index contributed by atoms with van der Waals surface area (Å²) in [6.45, 7) is 1.96. The van der Waals surface area contributed by atoms with Crippen LogP contribution in [0.15, 0.2) is 18.2 Å². The summed E-state index contributed by atoms with van der Waals surface area (Å²) in [5.41, 5.74) is 5.85. The van der Waals surface area contributed by atoms with Gasteiger partial charge < -0.3 is 15.4 Å². The molecule has 1 aromatic rings. The van der Waals surface area contributed by atoms with Crippen LogP contribution in [0, 0.1) is 16.0 Å². The van der Waals surface area contributed by atoms with Crippen molar-refractivity contribution in [2.24, 2.45) is 5.92 Å². The van der Waals surface area contributed by atoms with Crippen LogP contribution in [-0.4, -0.2) is 42.5 Å². The summed E-state index contributed by atoms with van der Waals surface area (Å²) >= 11 is 0. The maximum Gasteiger partial charge on any atom is 0.292 e. The number of nitrogen functional groups attached to an aromatic ring is 1. The Morgan fingerprint density at radius 1 is 1.57 bits per heavy atom. The van der Waals surface area contributed by atoms with Gasteiger partial charge in [-0.1, -0.05) is 0 Å². The van der Waals surface area contributed by atoms with Gasteiger partial charge in [0.15, 0.2) is 0 Å². The van der Waals surface area contributed by atoms with E-state index in [9.17, 15) is 14.9 Å². The highest BCUT2D eigenvalue weighted by atomic mass is 16.6. The molecule has 21 heavy (non-hydrogen) atoms. The number of hydrogen-bond acceptors (Lipinski definition) is 5. The first kappa shape index (κ1) is 15.2. The van der Waals surface area contributed by atoms with Crippen molar-refractivity contribution in [1.82, 2.24) is 4.90 Å². The Labute approximate surface area is 122 Å². The number of nitro benzene ring substituents is 1. The number of rotatable bonds is 4. The fraction of sp³-hybridized carbons (Fsp3) is 0.500. The number of nitro groups is 1. The fourth-order valence-electron chi connectivity index (χ4n) is 2.66. The molecule has 1 heterocycles. The molecule has 1 fully saturated rings. The number of hydrogen-bond donors (Lipinski definition) is 1. The minimum Gasteiger partial charge on any atom is -0.393 e. The van der Waals surface area contributed by atoms with Gasteiger partial charge in [0.05, 0.1) is 11.5 Å². The lowest BCUT2D eigenvalue weighted by Crippen LogP contribution is -2.41.